The van der Waals surface area contributed by atoms with Gasteiger partial charge in [-0.1, -0.05) is 30.3 Å². The van der Waals surface area contributed by atoms with Crippen molar-refractivity contribution in [2.24, 2.45) is 5.41 Å². The van der Waals surface area contributed by atoms with Crippen LogP contribution in [-0.2, 0) is 15.9 Å². The smallest absolute Gasteiger partial charge is 0.409 e. The maximum absolute atomic E-state index is 12.1. The Hall–Kier alpha value is -2.28. The zero-order chi connectivity index (χ0) is 21.5. The molecule has 0 bridgehead atoms. The fraction of sp³-hybridized carbons (Fsp3) is 0.667. The molecule has 3 heterocycles. The molecule has 7 nitrogen and oxygen atoms in total. The maximum atomic E-state index is 12.1. The maximum Gasteiger partial charge on any atom is 0.409 e. The highest BCUT2D eigenvalue weighted by molar-refractivity contribution is 5.71. The van der Waals surface area contributed by atoms with Crippen molar-refractivity contribution in [3.05, 3.63) is 35.9 Å². The molecule has 2 spiro atoms. The van der Waals surface area contributed by atoms with Gasteiger partial charge in [-0.15, -0.1) is 0 Å². The molecular weight excluding hydrogens is 394 g/mol. The van der Waals surface area contributed by atoms with E-state index in [1.165, 1.54) is 5.56 Å². The van der Waals surface area contributed by atoms with Gasteiger partial charge in [-0.3, -0.25) is 0 Å². The van der Waals surface area contributed by atoms with Crippen LogP contribution in [0, 0.1) is 5.41 Å². The summed E-state index contributed by atoms with van der Waals surface area (Å²) in [6, 6.07) is 10.9. The first-order chi connectivity index (χ1) is 15.0. The van der Waals surface area contributed by atoms with Crippen molar-refractivity contribution in [1.82, 2.24) is 15.1 Å². The molecule has 7 heteroatoms. The average molecular weight is 428 g/mol. The average Bonchev–Trinajstić information content (AvgIpc) is 3.31. The number of likely N-dealkylation sites (tertiary alicyclic amines) is 2. The van der Waals surface area contributed by atoms with Crippen LogP contribution in [0.15, 0.2) is 30.3 Å². The molecule has 5 rings (SSSR count). The van der Waals surface area contributed by atoms with E-state index in [0.717, 1.165) is 64.7 Å². The molecule has 3 saturated heterocycles. The van der Waals surface area contributed by atoms with Crippen LogP contribution in [0.2, 0.25) is 0 Å². The van der Waals surface area contributed by atoms with Gasteiger partial charge >= 0.3 is 12.2 Å². The third kappa shape index (κ3) is 3.88. The first-order valence-electron chi connectivity index (χ1n) is 11.7. The van der Waals surface area contributed by atoms with Crippen molar-refractivity contribution in [2.75, 3.05) is 32.8 Å². The van der Waals surface area contributed by atoms with Gasteiger partial charge in [0.05, 0.1) is 12.6 Å². The number of hydrogen-bond donors (Lipinski definition) is 1. The molecule has 1 saturated carbocycles. The summed E-state index contributed by atoms with van der Waals surface area (Å²) >= 11 is 0. The Balaban J connectivity index is 1.15. The van der Waals surface area contributed by atoms with Gasteiger partial charge in [0.1, 0.15) is 5.60 Å². The van der Waals surface area contributed by atoms with E-state index in [1.807, 2.05) is 30.0 Å². The highest BCUT2D eigenvalue weighted by Gasteiger charge is 2.55. The van der Waals surface area contributed by atoms with Crippen LogP contribution in [0.25, 0.3) is 0 Å². The summed E-state index contributed by atoms with van der Waals surface area (Å²) < 4.78 is 11.1. The third-order valence-electron chi connectivity index (χ3n) is 7.97. The quantitative estimate of drug-likeness (QED) is 0.799. The highest BCUT2D eigenvalue weighted by atomic mass is 16.6. The van der Waals surface area contributed by atoms with Crippen LogP contribution in [0.5, 0.6) is 0 Å². The first kappa shape index (κ1) is 20.6. The van der Waals surface area contributed by atoms with Crippen LogP contribution in [0.4, 0.5) is 9.59 Å². The standard InChI is InChI=1S/C24H33N3O4/c1-2-30-22(29)27-11-8-23(17-27)15-19(16-23)26-12-9-24(10-13-26)20(25-21(28)31-24)14-18-6-4-3-5-7-18/h3-7,19-20H,2,8-17H2,1H3,(H,25,28). The van der Waals surface area contributed by atoms with Crippen LogP contribution in [0.3, 0.4) is 0 Å². The predicted octanol–water partition coefficient (Wildman–Crippen LogP) is 3.18. The number of amides is 2. The Bertz CT molecular complexity index is 815. The van der Waals surface area contributed by atoms with Gasteiger partial charge in [-0.2, -0.15) is 0 Å². The first-order valence-corrected chi connectivity index (χ1v) is 11.7. The number of benzene rings is 1. The molecule has 2 amide bonds. The molecule has 3 aliphatic heterocycles. The molecule has 1 aromatic rings. The van der Waals surface area contributed by atoms with Crippen LogP contribution in [0.1, 0.15) is 44.6 Å². The number of piperidine rings is 1. The van der Waals surface area contributed by atoms with Gasteiger partial charge in [0.2, 0.25) is 0 Å². The van der Waals surface area contributed by atoms with Gasteiger partial charge in [0.15, 0.2) is 0 Å². The lowest BCUT2D eigenvalue weighted by Crippen LogP contribution is -2.58. The Kier molecular flexibility index (Phi) is 5.32. The summed E-state index contributed by atoms with van der Waals surface area (Å²) in [7, 11) is 0. The number of carbonyl (C=O) groups excluding carboxylic acids is 2. The molecule has 31 heavy (non-hydrogen) atoms. The van der Waals surface area contributed by atoms with E-state index in [9.17, 15) is 9.59 Å². The summed E-state index contributed by atoms with van der Waals surface area (Å²) in [6.45, 7) is 5.86. The molecule has 0 radical (unpaired) electrons. The lowest BCUT2D eigenvalue weighted by atomic mass is 9.64. The van der Waals surface area contributed by atoms with Crippen molar-refractivity contribution in [2.45, 2.75) is 63.1 Å². The van der Waals surface area contributed by atoms with Gasteiger partial charge in [0, 0.05) is 45.1 Å². The second-order valence-electron chi connectivity index (χ2n) is 9.81. The topological polar surface area (TPSA) is 71.1 Å². The summed E-state index contributed by atoms with van der Waals surface area (Å²) in [5, 5.41) is 3.07. The summed E-state index contributed by atoms with van der Waals surface area (Å²) in [6.07, 6.45) is 5.51. The monoisotopic (exact) mass is 427 g/mol. The fourth-order valence-electron chi connectivity index (χ4n) is 6.20. The van der Waals surface area contributed by atoms with Gasteiger partial charge < -0.3 is 24.6 Å². The molecule has 1 atom stereocenters. The molecule has 4 aliphatic rings. The fourth-order valence-corrected chi connectivity index (χ4v) is 6.20. The van der Waals surface area contributed by atoms with Crippen molar-refractivity contribution >= 4 is 12.2 Å². The number of alkyl carbamates (subject to hydrolysis) is 1. The second kappa shape index (κ2) is 8.01. The zero-order valence-electron chi connectivity index (χ0n) is 18.3. The summed E-state index contributed by atoms with van der Waals surface area (Å²) in [5.41, 5.74) is 1.12. The van der Waals surface area contributed by atoms with Gasteiger partial charge in [-0.05, 0) is 43.6 Å². The minimum absolute atomic E-state index is 0.0326. The van der Waals surface area contributed by atoms with Crippen LogP contribution >= 0.6 is 0 Å². The van der Waals surface area contributed by atoms with E-state index in [4.69, 9.17) is 9.47 Å². The normalized spacial score (nSPS) is 32.0. The van der Waals surface area contributed by atoms with Crippen molar-refractivity contribution in [1.29, 1.82) is 0 Å². The molecule has 1 aromatic carbocycles. The lowest BCUT2D eigenvalue weighted by Gasteiger charge is -2.52. The number of carbonyl (C=O) groups is 2. The van der Waals surface area contributed by atoms with E-state index in [1.54, 1.807) is 0 Å². The molecule has 168 valence electrons. The Morgan fingerprint density at radius 3 is 2.61 bits per heavy atom. The second-order valence-corrected chi connectivity index (χ2v) is 9.81. The third-order valence-corrected chi connectivity index (χ3v) is 7.97. The number of rotatable bonds is 4. The van der Waals surface area contributed by atoms with E-state index in [-0.39, 0.29) is 29.2 Å². The molecular formula is C24H33N3O4. The van der Waals surface area contributed by atoms with Crippen molar-refractivity contribution in [3.8, 4) is 0 Å². The molecule has 4 fully saturated rings. The number of nitrogens with zero attached hydrogens (tertiary/aromatic N) is 2. The van der Waals surface area contributed by atoms with E-state index >= 15 is 0 Å². The lowest BCUT2D eigenvalue weighted by molar-refractivity contribution is -0.0610. The molecule has 1 N–H and O–H groups in total. The predicted molar refractivity (Wildman–Crippen MR) is 116 cm³/mol. The van der Waals surface area contributed by atoms with Gasteiger partial charge in [-0.25, -0.2) is 9.59 Å². The van der Waals surface area contributed by atoms with Crippen molar-refractivity contribution in [3.63, 3.8) is 0 Å². The number of nitrogens with one attached hydrogen (secondary N) is 1. The van der Waals surface area contributed by atoms with Crippen molar-refractivity contribution < 1.29 is 19.1 Å². The molecule has 1 unspecified atom stereocenters. The highest BCUT2D eigenvalue weighted by Crippen LogP contribution is 2.51. The summed E-state index contributed by atoms with van der Waals surface area (Å²) in [4.78, 5) is 28.6. The SMILES string of the molecule is CCOC(=O)N1CCC2(CC(N3CCC4(CC3)OC(=O)NC4Cc3ccccc3)C2)C1. The van der Waals surface area contributed by atoms with E-state index in [2.05, 4.69) is 22.3 Å². The Morgan fingerprint density at radius 1 is 1.16 bits per heavy atom. The van der Waals surface area contributed by atoms with E-state index in [0.29, 0.717) is 12.6 Å². The van der Waals surface area contributed by atoms with Crippen LogP contribution in [-0.4, -0.2) is 72.5 Å². The summed E-state index contributed by atoms with van der Waals surface area (Å²) in [5.74, 6) is 0. The number of hydrogen-bond acceptors (Lipinski definition) is 5. The van der Waals surface area contributed by atoms with Crippen LogP contribution < -0.4 is 5.32 Å². The minimum Gasteiger partial charge on any atom is -0.450 e. The Labute approximate surface area is 184 Å². The Morgan fingerprint density at radius 2 is 1.90 bits per heavy atom. The minimum atomic E-state index is -0.390. The number of ether oxygens (including phenoxy) is 2. The van der Waals surface area contributed by atoms with Gasteiger partial charge in [0.25, 0.3) is 0 Å². The largest absolute Gasteiger partial charge is 0.450 e. The molecule has 1 aliphatic carbocycles. The van der Waals surface area contributed by atoms with E-state index < -0.39 is 0 Å². The zero-order valence-corrected chi connectivity index (χ0v) is 18.3. The molecule has 0 aromatic heterocycles.